The minimum absolute atomic E-state index is 0.774. The number of nitrogens with one attached hydrogen (secondary N) is 1. The molecule has 0 aliphatic rings. The maximum absolute atomic E-state index is 3.71. The van der Waals surface area contributed by atoms with Gasteiger partial charge in [0.2, 0.25) is 0 Å². The van der Waals surface area contributed by atoms with Crippen LogP contribution in [0, 0.1) is 5.92 Å². The number of hydrogen-bond donors (Lipinski definition) is 1. The van der Waals surface area contributed by atoms with E-state index in [4.69, 9.17) is 0 Å². The molecule has 0 aromatic heterocycles. The Hall–Kier alpha value is -0.0400. The maximum atomic E-state index is 3.71. The van der Waals surface area contributed by atoms with Crippen molar-refractivity contribution in [3.63, 3.8) is 0 Å². The first-order chi connectivity index (χ1) is 7.79. The van der Waals surface area contributed by atoms with Crippen molar-refractivity contribution < 1.29 is 0 Å². The minimum atomic E-state index is 0.774. The Morgan fingerprint density at radius 2 is 1.38 bits per heavy atom. The van der Waals surface area contributed by atoms with E-state index >= 15 is 0 Å². The molecule has 0 heterocycles. The summed E-state index contributed by atoms with van der Waals surface area (Å²) in [4.78, 5) is 0. The van der Waals surface area contributed by atoms with E-state index in [0.717, 1.165) is 18.5 Å². The van der Waals surface area contributed by atoms with Crippen LogP contribution in [0.3, 0.4) is 0 Å². The monoisotopic (exact) mass is 227 g/mol. The van der Waals surface area contributed by atoms with Gasteiger partial charge in [-0.3, -0.25) is 0 Å². The Kier molecular flexibility index (Phi) is 11.4. The Morgan fingerprint density at radius 1 is 0.750 bits per heavy atom. The summed E-state index contributed by atoms with van der Waals surface area (Å²) in [7, 11) is 0. The smallest absolute Gasteiger partial charge is 0.00952 e. The highest BCUT2D eigenvalue weighted by molar-refractivity contribution is 4.75. The SMILES string of the molecule is CCCCCC(NCC)C(CCC)CCC. The van der Waals surface area contributed by atoms with Gasteiger partial charge in [-0.05, 0) is 31.7 Å². The predicted molar refractivity (Wildman–Crippen MR) is 74.9 cm³/mol. The van der Waals surface area contributed by atoms with Gasteiger partial charge in [0.15, 0.2) is 0 Å². The standard InChI is InChI=1S/C15H33N/c1-5-9-10-13-15(16-8-4)14(11-6-2)12-7-3/h14-16H,5-13H2,1-4H3. The van der Waals surface area contributed by atoms with E-state index in [-0.39, 0.29) is 0 Å². The fraction of sp³-hybridized carbons (Fsp3) is 1.00. The van der Waals surface area contributed by atoms with Gasteiger partial charge in [-0.15, -0.1) is 0 Å². The predicted octanol–water partition coefficient (Wildman–Crippen LogP) is 4.76. The second kappa shape index (κ2) is 11.4. The summed E-state index contributed by atoms with van der Waals surface area (Å²) in [6, 6.07) is 0.774. The van der Waals surface area contributed by atoms with Gasteiger partial charge in [0.05, 0.1) is 0 Å². The van der Waals surface area contributed by atoms with Gasteiger partial charge in [0.1, 0.15) is 0 Å². The highest BCUT2D eigenvalue weighted by Crippen LogP contribution is 2.21. The van der Waals surface area contributed by atoms with Crippen molar-refractivity contribution >= 4 is 0 Å². The van der Waals surface area contributed by atoms with Gasteiger partial charge >= 0.3 is 0 Å². The first-order valence-electron chi connectivity index (χ1n) is 7.53. The molecule has 0 fully saturated rings. The lowest BCUT2D eigenvalue weighted by atomic mass is 9.87. The first kappa shape index (κ1) is 16.0. The number of hydrogen-bond acceptors (Lipinski definition) is 1. The molecule has 0 saturated heterocycles. The fourth-order valence-corrected chi connectivity index (χ4v) is 2.67. The average molecular weight is 227 g/mol. The quantitative estimate of drug-likeness (QED) is 0.502. The highest BCUT2D eigenvalue weighted by atomic mass is 14.9. The molecule has 0 bridgehead atoms. The summed E-state index contributed by atoms with van der Waals surface area (Å²) in [5.74, 6) is 0.909. The molecule has 0 aliphatic carbocycles. The topological polar surface area (TPSA) is 12.0 Å². The Bertz CT molecular complexity index is 127. The van der Waals surface area contributed by atoms with E-state index in [1.54, 1.807) is 0 Å². The van der Waals surface area contributed by atoms with Crippen LogP contribution in [0.25, 0.3) is 0 Å². The molecule has 1 heteroatoms. The van der Waals surface area contributed by atoms with Gasteiger partial charge in [-0.25, -0.2) is 0 Å². The Labute approximate surface area is 103 Å². The Balaban J connectivity index is 4.08. The third kappa shape index (κ3) is 7.27. The van der Waals surface area contributed by atoms with Crippen LogP contribution in [0.1, 0.15) is 79.1 Å². The molecule has 0 aromatic rings. The summed E-state index contributed by atoms with van der Waals surface area (Å²) < 4.78 is 0. The van der Waals surface area contributed by atoms with Crippen molar-refractivity contribution in [2.75, 3.05) is 6.54 Å². The summed E-state index contributed by atoms with van der Waals surface area (Å²) >= 11 is 0. The van der Waals surface area contributed by atoms with E-state index < -0.39 is 0 Å². The zero-order chi connectivity index (χ0) is 12.2. The molecular weight excluding hydrogens is 194 g/mol. The molecular formula is C15H33N. The maximum Gasteiger partial charge on any atom is 0.00952 e. The van der Waals surface area contributed by atoms with Gasteiger partial charge in [0, 0.05) is 6.04 Å². The molecule has 16 heavy (non-hydrogen) atoms. The Morgan fingerprint density at radius 3 is 1.81 bits per heavy atom. The second-order valence-corrected chi connectivity index (χ2v) is 5.00. The van der Waals surface area contributed by atoms with E-state index in [0.29, 0.717) is 0 Å². The van der Waals surface area contributed by atoms with Crippen LogP contribution in [0.4, 0.5) is 0 Å². The van der Waals surface area contributed by atoms with Crippen LogP contribution >= 0.6 is 0 Å². The van der Waals surface area contributed by atoms with Crippen molar-refractivity contribution in [3.05, 3.63) is 0 Å². The normalized spacial score (nSPS) is 13.3. The molecule has 1 atom stereocenters. The molecule has 0 amide bonds. The molecule has 98 valence electrons. The van der Waals surface area contributed by atoms with Crippen molar-refractivity contribution in [3.8, 4) is 0 Å². The molecule has 0 rings (SSSR count). The molecule has 1 nitrogen and oxygen atoms in total. The zero-order valence-corrected chi connectivity index (χ0v) is 12.0. The lowest BCUT2D eigenvalue weighted by molar-refractivity contribution is 0.294. The number of unbranched alkanes of at least 4 members (excludes halogenated alkanes) is 2. The molecule has 0 aliphatic heterocycles. The van der Waals surface area contributed by atoms with E-state index in [9.17, 15) is 0 Å². The summed E-state index contributed by atoms with van der Waals surface area (Å²) in [6.45, 7) is 10.3. The minimum Gasteiger partial charge on any atom is -0.314 e. The van der Waals surface area contributed by atoms with Gasteiger partial charge in [-0.1, -0.05) is 59.8 Å². The van der Waals surface area contributed by atoms with Gasteiger partial charge < -0.3 is 5.32 Å². The molecule has 0 radical (unpaired) electrons. The summed E-state index contributed by atoms with van der Waals surface area (Å²) in [5, 5.41) is 3.71. The van der Waals surface area contributed by atoms with E-state index in [1.807, 2.05) is 0 Å². The van der Waals surface area contributed by atoms with Crippen LogP contribution in [0.15, 0.2) is 0 Å². The fourth-order valence-electron chi connectivity index (χ4n) is 2.67. The molecule has 0 aromatic carbocycles. The highest BCUT2D eigenvalue weighted by Gasteiger charge is 2.18. The van der Waals surface area contributed by atoms with Crippen molar-refractivity contribution in [2.24, 2.45) is 5.92 Å². The molecule has 0 saturated carbocycles. The van der Waals surface area contributed by atoms with E-state index in [2.05, 4.69) is 33.0 Å². The van der Waals surface area contributed by atoms with Gasteiger partial charge in [0.25, 0.3) is 0 Å². The van der Waals surface area contributed by atoms with Crippen molar-refractivity contribution in [1.82, 2.24) is 5.32 Å². The van der Waals surface area contributed by atoms with Crippen LogP contribution in [-0.4, -0.2) is 12.6 Å². The first-order valence-corrected chi connectivity index (χ1v) is 7.53. The zero-order valence-electron chi connectivity index (χ0n) is 12.0. The number of rotatable bonds is 11. The average Bonchev–Trinajstić information content (AvgIpc) is 2.28. The van der Waals surface area contributed by atoms with E-state index in [1.165, 1.54) is 51.4 Å². The van der Waals surface area contributed by atoms with Crippen LogP contribution in [0.5, 0.6) is 0 Å². The summed E-state index contributed by atoms with van der Waals surface area (Å²) in [6.07, 6.45) is 11.0. The largest absolute Gasteiger partial charge is 0.314 e. The molecule has 1 N–H and O–H groups in total. The molecule has 1 unspecified atom stereocenters. The lowest BCUT2D eigenvalue weighted by Gasteiger charge is -2.27. The second-order valence-electron chi connectivity index (χ2n) is 5.00. The third-order valence-corrected chi connectivity index (χ3v) is 3.47. The van der Waals surface area contributed by atoms with Crippen molar-refractivity contribution in [2.45, 2.75) is 85.1 Å². The van der Waals surface area contributed by atoms with Gasteiger partial charge in [-0.2, -0.15) is 0 Å². The molecule has 0 spiro atoms. The van der Waals surface area contributed by atoms with Crippen LogP contribution < -0.4 is 5.32 Å². The van der Waals surface area contributed by atoms with Crippen LogP contribution in [-0.2, 0) is 0 Å². The van der Waals surface area contributed by atoms with Crippen molar-refractivity contribution in [1.29, 1.82) is 0 Å². The lowest BCUT2D eigenvalue weighted by Crippen LogP contribution is -2.36. The summed E-state index contributed by atoms with van der Waals surface area (Å²) in [5.41, 5.74) is 0. The third-order valence-electron chi connectivity index (χ3n) is 3.47. The van der Waals surface area contributed by atoms with Crippen LogP contribution in [0.2, 0.25) is 0 Å².